The van der Waals surface area contributed by atoms with Crippen LogP contribution in [0.15, 0.2) is 64.2 Å². The molecule has 0 saturated carbocycles. The summed E-state index contributed by atoms with van der Waals surface area (Å²) < 4.78 is 2.31. The van der Waals surface area contributed by atoms with Crippen molar-refractivity contribution in [1.82, 2.24) is 20.2 Å². The lowest BCUT2D eigenvalue weighted by Gasteiger charge is -2.14. The number of halogens is 1. The minimum absolute atomic E-state index is 0.0446. The Bertz CT molecular complexity index is 915. The normalized spacial score (nSPS) is 11.9. The Morgan fingerprint density at radius 1 is 1.19 bits per heavy atom. The van der Waals surface area contributed by atoms with Crippen molar-refractivity contribution in [2.75, 3.05) is 5.84 Å². The van der Waals surface area contributed by atoms with Gasteiger partial charge in [0.25, 0.3) is 0 Å². The number of rotatable bonds is 7. The molecule has 0 spiro atoms. The van der Waals surface area contributed by atoms with Crippen LogP contribution < -0.4 is 11.2 Å². The van der Waals surface area contributed by atoms with Crippen molar-refractivity contribution in [3.05, 3.63) is 64.6 Å². The van der Waals surface area contributed by atoms with Crippen molar-refractivity contribution in [2.24, 2.45) is 0 Å². The van der Waals surface area contributed by atoms with Crippen molar-refractivity contribution in [3.8, 4) is 11.4 Å². The molecule has 1 atom stereocenters. The van der Waals surface area contributed by atoms with E-state index in [4.69, 9.17) is 5.84 Å². The number of aromatic nitrogens is 3. The number of nitrogens with one attached hydrogen (secondary N) is 1. The Labute approximate surface area is 170 Å². The topological polar surface area (TPSA) is 85.8 Å². The van der Waals surface area contributed by atoms with E-state index in [2.05, 4.69) is 31.4 Å². The fourth-order valence-electron chi connectivity index (χ4n) is 2.53. The number of carbonyl (C=O) groups is 1. The average molecular weight is 446 g/mol. The van der Waals surface area contributed by atoms with E-state index in [1.54, 1.807) is 0 Å². The molecule has 1 amide bonds. The third kappa shape index (κ3) is 4.70. The number of nitrogens with two attached hydrogens (primary N) is 1. The van der Waals surface area contributed by atoms with E-state index in [1.165, 1.54) is 16.4 Å². The Morgan fingerprint density at radius 2 is 1.89 bits per heavy atom. The van der Waals surface area contributed by atoms with E-state index in [-0.39, 0.29) is 11.2 Å². The highest BCUT2D eigenvalue weighted by Crippen LogP contribution is 2.30. The van der Waals surface area contributed by atoms with Gasteiger partial charge in [-0.25, -0.2) is 4.68 Å². The van der Waals surface area contributed by atoms with Crippen molar-refractivity contribution in [3.63, 3.8) is 0 Å². The minimum Gasteiger partial charge on any atom is -0.351 e. The minimum atomic E-state index is -0.299. The van der Waals surface area contributed by atoms with Crippen LogP contribution in [0.2, 0.25) is 0 Å². The second-order valence-corrected chi connectivity index (χ2v) is 7.90. The molecule has 3 N–H and O–H groups in total. The molecule has 0 aliphatic heterocycles. The second-order valence-electron chi connectivity index (χ2n) is 5.87. The first-order valence-corrected chi connectivity index (χ1v) is 10.2. The first-order chi connectivity index (χ1) is 13.1. The first-order valence-electron chi connectivity index (χ1n) is 8.53. The smallest absolute Gasteiger partial charge is 0.233 e. The summed E-state index contributed by atoms with van der Waals surface area (Å²) in [5, 5.41) is 11.5. The summed E-state index contributed by atoms with van der Waals surface area (Å²) >= 11 is 4.82. The van der Waals surface area contributed by atoms with Crippen LogP contribution in [-0.4, -0.2) is 26.0 Å². The average Bonchev–Trinajstić information content (AvgIpc) is 3.05. The molecule has 0 fully saturated rings. The van der Waals surface area contributed by atoms with Crippen LogP contribution >= 0.6 is 27.7 Å². The van der Waals surface area contributed by atoms with E-state index in [1.807, 2.05) is 61.5 Å². The van der Waals surface area contributed by atoms with Crippen LogP contribution in [0.1, 0.15) is 18.9 Å². The first kappa shape index (κ1) is 19.4. The Balaban J connectivity index is 1.69. The quantitative estimate of drug-likeness (QED) is 0.428. The summed E-state index contributed by atoms with van der Waals surface area (Å²) in [6.45, 7) is 2.46. The molecule has 0 aliphatic carbocycles. The van der Waals surface area contributed by atoms with Crippen molar-refractivity contribution < 1.29 is 4.79 Å². The molecular weight excluding hydrogens is 426 g/mol. The van der Waals surface area contributed by atoms with Gasteiger partial charge in [-0.2, -0.15) is 0 Å². The van der Waals surface area contributed by atoms with E-state index >= 15 is 0 Å². The zero-order valence-corrected chi connectivity index (χ0v) is 17.2. The Kier molecular flexibility index (Phi) is 6.52. The number of nitrogen functional groups attached to an aromatic ring is 1. The highest BCUT2D eigenvalue weighted by Gasteiger charge is 2.22. The zero-order valence-electron chi connectivity index (χ0n) is 14.8. The Hall–Kier alpha value is -2.32. The molecule has 0 bridgehead atoms. The fourth-order valence-corrected chi connectivity index (χ4v) is 3.89. The second kappa shape index (κ2) is 9.05. The van der Waals surface area contributed by atoms with Crippen molar-refractivity contribution >= 4 is 33.6 Å². The molecule has 140 valence electrons. The van der Waals surface area contributed by atoms with Crippen molar-refractivity contribution in [2.45, 2.75) is 30.3 Å². The van der Waals surface area contributed by atoms with Gasteiger partial charge in [-0.3, -0.25) is 4.79 Å². The monoisotopic (exact) mass is 445 g/mol. The number of benzene rings is 2. The molecule has 0 radical (unpaired) electrons. The van der Waals surface area contributed by atoms with Gasteiger partial charge in [0.05, 0.1) is 5.25 Å². The Morgan fingerprint density at radius 3 is 2.59 bits per heavy atom. The molecule has 2 aromatic carbocycles. The van der Waals surface area contributed by atoms with Gasteiger partial charge in [-0.15, -0.1) is 10.2 Å². The maximum absolute atomic E-state index is 12.6. The largest absolute Gasteiger partial charge is 0.351 e. The van der Waals surface area contributed by atoms with Crippen LogP contribution in [0.4, 0.5) is 0 Å². The van der Waals surface area contributed by atoms with Gasteiger partial charge >= 0.3 is 0 Å². The molecule has 3 rings (SSSR count). The van der Waals surface area contributed by atoms with Crippen LogP contribution in [-0.2, 0) is 11.3 Å². The van der Waals surface area contributed by atoms with Crippen LogP contribution in [0.3, 0.4) is 0 Å². The molecule has 6 nitrogen and oxygen atoms in total. The van der Waals surface area contributed by atoms with Gasteiger partial charge in [-0.1, -0.05) is 77.1 Å². The van der Waals surface area contributed by atoms with Crippen LogP contribution in [0, 0.1) is 0 Å². The van der Waals surface area contributed by atoms with Gasteiger partial charge in [-0.05, 0) is 24.1 Å². The molecule has 27 heavy (non-hydrogen) atoms. The van der Waals surface area contributed by atoms with E-state index in [0.717, 1.165) is 15.6 Å². The van der Waals surface area contributed by atoms with Gasteiger partial charge in [0.2, 0.25) is 11.1 Å². The predicted molar refractivity (Wildman–Crippen MR) is 112 cm³/mol. The summed E-state index contributed by atoms with van der Waals surface area (Å²) in [6.07, 6.45) is 0.655. The van der Waals surface area contributed by atoms with Gasteiger partial charge in [0, 0.05) is 16.6 Å². The summed E-state index contributed by atoms with van der Waals surface area (Å²) in [5.74, 6) is 6.69. The van der Waals surface area contributed by atoms with Gasteiger partial charge < -0.3 is 11.2 Å². The lowest BCUT2D eigenvalue weighted by molar-refractivity contribution is -0.120. The number of nitrogens with zero attached hydrogens (tertiary/aromatic N) is 3. The number of carbonyl (C=O) groups excluding carboxylic acids is 1. The third-order valence-corrected chi connectivity index (χ3v) is 6.01. The number of amides is 1. The summed E-state index contributed by atoms with van der Waals surface area (Å²) in [6, 6.07) is 17.5. The standard InChI is InChI=1S/C19H20BrN5OS/c1-2-16(18(26)22-12-13-8-4-3-5-9-13)27-19-24-23-17(25(19)21)14-10-6-7-11-15(14)20/h3-11,16H,2,12,21H2,1H3,(H,22,26). The molecule has 0 aliphatic rings. The van der Waals surface area contributed by atoms with E-state index in [0.29, 0.717) is 23.9 Å². The summed E-state index contributed by atoms with van der Waals surface area (Å²) in [7, 11) is 0. The predicted octanol–water partition coefficient (Wildman–Crippen LogP) is 3.61. The SMILES string of the molecule is CCC(Sc1nnc(-c2ccccc2Br)n1N)C(=O)NCc1ccccc1. The number of thioether (sulfide) groups is 1. The van der Waals surface area contributed by atoms with Crippen LogP contribution in [0.5, 0.6) is 0 Å². The molecular formula is C19H20BrN5OS. The highest BCUT2D eigenvalue weighted by atomic mass is 79.9. The highest BCUT2D eigenvalue weighted by molar-refractivity contribution is 9.10. The molecule has 3 aromatic rings. The van der Waals surface area contributed by atoms with Crippen LogP contribution in [0.25, 0.3) is 11.4 Å². The summed E-state index contributed by atoms with van der Waals surface area (Å²) in [4.78, 5) is 12.6. The van der Waals surface area contributed by atoms with Crippen molar-refractivity contribution in [1.29, 1.82) is 0 Å². The lowest BCUT2D eigenvalue weighted by atomic mass is 10.2. The number of hydrogen-bond donors (Lipinski definition) is 2. The third-order valence-electron chi connectivity index (χ3n) is 4.00. The van der Waals surface area contributed by atoms with E-state index in [9.17, 15) is 4.79 Å². The lowest BCUT2D eigenvalue weighted by Crippen LogP contribution is -2.32. The number of hydrogen-bond acceptors (Lipinski definition) is 5. The fraction of sp³-hybridized carbons (Fsp3) is 0.211. The molecule has 8 heteroatoms. The van der Waals surface area contributed by atoms with Gasteiger partial charge in [0.15, 0.2) is 5.82 Å². The maximum atomic E-state index is 12.6. The molecule has 1 aromatic heterocycles. The van der Waals surface area contributed by atoms with E-state index < -0.39 is 0 Å². The molecule has 0 saturated heterocycles. The maximum Gasteiger partial charge on any atom is 0.233 e. The zero-order chi connectivity index (χ0) is 19.2. The van der Waals surface area contributed by atoms with Gasteiger partial charge in [0.1, 0.15) is 0 Å². The molecule has 1 heterocycles. The molecule has 1 unspecified atom stereocenters. The summed E-state index contributed by atoms with van der Waals surface area (Å²) in [5.41, 5.74) is 1.91.